The molecule has 78 valence electrons. The van der Waals surface area contributed by atoms with E-state index in [0.29, 0.717) is 6.10 Å². The standard InChI is InChI=1S/C10H14ClNOS/c11-8-3-5-14-10(8)9(12)6-7-2-1-4-13-7/h3,5,7,9H,1-2,4,6,12H2. The molecule has 0 saturated carbocycles. The zero-order valence-corrected chi connectivity index (χ0v) is 9.48. The second kappa shape index (κ2) is 4.62. The van der Waals surface area contributed by atoms with E-state index in [1.807, 2.05) is 11.4 Å². The molecule has 0 aliphatic carbocycles. The summed E-state index contributed by atoms with van der Waals surface area (Å²) >= 11 is 7.64. The van der Waals surface area contributed by atoms with Gasteiger partial charge in [0, 0.05) is 17.5 Å². The molecule has 2 N–H and O–H groups in total. The minimum Gasteiger partial charge on any atom is -0.378 e. The topological polar surface area (TPSA) is 35.2 Å². The van der Waals surface area contributed by atoms with Crippen LogP contribution in [-0.2, 0) is 4.74 Å². The van der Waals surface area contributed by atoms with Crippen LogP contribution in [0.4, 0.5) is 0 Å². The first-order chi connectivity index (χ1) is 6.77. The highest BCUT2D eigenvalue weighted by Crippen LogP contribution is 2.31. The molecule has 4 heteroatoms. The minimum absolute atomic E-state index is 0.0330. The fourth-order valence-electron chi connectivity index (χ4n) is 1.79. The van der Waals surface area contributed by atoms with Crippen molar-refractivity contribution in [1.82, 2.24) is 0 Å². The quantitative estimate of drug-likeness (QED) is 0.868. The Kier molecular flexibility index (Phi) is 3.44. The van der Waals surface area contributed by atoms with Crippen LogP contribution < -0.4 is 5.73 Å². The second-order valence-electron chi connectivity index (χ2n) is 3.61. The van der Waals surface area contributed by atoms with Gasteiger partial charge in [-0.2, -0.15) is 0 Å². The summed E-state index contributed by atoms with van der Waals surface area (Å²) in [4.78, 5) is 1.09. The molecule has 2 nitrogen and oxygen atoms in total. The molecule has 1 saturated heterocycles. The molecule has 0 aromatic carbocycles. The van der Waals surface area contributed by atoms with Crippen LogP contribution >= 0.6 is 22.9 Å². The van der Waals surface area contributed by atoms with Gasteiger partial charge in [0.05, 0.1) is 11.1 Å². The summed E-state index contributed by atoms with van der Waals surface area (Å²) in [5.41, 5.74) is 6.07. The molecule has 1 aromatic heterocycles. The summed E-state index contributed by atoms with van der Waals surface area (Å²) in [6.45, 7) is 0.884. The molecule has 1 aliphatic rings. The van der Waals surface area contributed by atoms with Crippen LogP contribution in [0.2, 0.25) is 5.02 Å². The molecule has 2 unspecified atom stereocenters. The van der Waals surface area contributed by atoms with E-state index >= 15 is 0 Å². The Morgan fingerprint density at radius 3 is 3.14 bits per heavy atom. The van der Waals surface area contributed by atoms with Crippen LogP contribution in [-0.4, -0.2) is 12.7 Å². The van der Waals surface area contributed by atoms with Gasteiger partial charge in [0.15, 0.2) is 0 Å². The molecule has 2 atom stereocenters. The SMILES string of the molecule is NC(CC1CCCO1)c1sccc1Cl. The summed E-state index contributed by atoms with van der Waals surface area (Å²) in [7, 11) is 0. The molecular formula is C10H14ClNOS. The Balaban J connectivity index is 1.95. The molecular weight excluding hydrogens is 218 g/mol. The minimum atomic E-state index is 0.0330. The normalized spacial score (nSPS) is 24.0. The Morgan fingerprint density at radius 2 is 2.57 bits per heavy atom. The van der Waals surface area contributed by atoms with Crippen molar-refractivity contribution in [1.29, 1.82) is 0 Å². The third-order valence-electron chi connectivity index (χ3n) is 2.52. The largest absolute Gasteiger partial charge is 0.378 e. The number of hydrogen-bond donors (Lipinski definition) is 1. The number of nitrogens with two attached hydrogens (primary N) is 1. The Labute approximate surface area is 93.0 Å². The molecule has 1 aliphatic heterocycles. The van der Waals surface area contributed by atoms with Gasteiger partial charge >= 0.3 is 0 Å². The first-order valence-corrected chi connectivity index (χ1v) is 6.13. The average Bonchev–Trinajstić information content (AvgIpc) is 2.75. The van der Waals surface area contributed by atoms with Crippen LogP contribution in [0, 0.1) is 0 Å². The van der Waals surface area contributed by atoms with Crippen LogP contribution in [0.25, 0.3) is 0 Å². The van der Waals surface area contributed by atoms with Crippen LogP contribution in [0.3, 0.4) is 0 Å². The van der Waals surface area contributed by atoms with Gasteiger partial charge in [0.2, 0.25) is 0 Å². The van der Waals surface area contributed by atoms with E-state index in [4.69, 9.17) is 22.1 Å². The monoisotopic (exact) mass is 231 g/mol. The lowest BCUT2D eigenvalue weighted by Crippen LogP contribution is -2.17. The molecule has 14 heavy (non-hydrogen) atoms. The second-order valence-corrected chi connectivity index (χ2v) is 4.96. The van der Waals surface area contributed by atoms with E-state index in [1.165, 1.54) is 0 Å². The maximum atomic E-state index is 6.07. The number of ether oxygens (including phenoxy) is 1. The molecule has 0 spiro atoms. The fourth-order valence-corrected chi connectivity index (χ4v) is 3.00. The van der Waals surface area contributed by atoms with Gasteiger partial charge in [0.25, 0.3) is 0 Å². The lowest BCUT2D eigenvalue weighted by atomic mass is 10.1. The third-order valence-corrected chi connectivity index (χ3v) is 4.01. The molecule has 0 radical (unpaired) electrons. The molecule has 2 rings (SSSR count). The first kappa shape index (κ1) is 10.4. The van der Waals surface area contributed by atoms with Gasteiger partial charge in [-0.25, -0.2) is 0 Å². The van der Waals surface area contributed by atoms with E-state index < -0.39 is 0 Å². The van der Waals surface area contributed by atoms with Crippen molar-refractivity contribution < 1.29 is 4.74 Å². The molecule has 1 aromatic rings. The Bertz CT molecular complexity index is 296. The number of hydrogen-bond acceptors (Lipinski definition) is 3. The highest BCUT2D eigenvalue weighted by atomic mass is 35.5. The third kappa shape index (κ3) is 2.28. The number of thiophene rings is 1. The summed E-state index contributed by atoms with van der Waals surface area (Å²) in [6, 6.07) is 1.93. The van der Waals surface area contributed by atoms with Crippen LogP contribution in [0.5, 0.6) is 0 Å². The maximum Gasteiger partial charge on any atom is 0.0594 e. The molecule has 0 amide bonds. The summed E-state index contributed by atoms with van der Waals surface area (Å²) in [5, 5.41) is 2.77. The highest BCUT2D eigenvalue weighted by molar-refractivity contribution is 7.10. The fraction of sp³-hybridized carbons (Fsp3) is 0.600. The van der Waals surface area contributed by atoms with E-state index in [9.17, 15) is 0 Å². The van der Waals surface area contributed by atoms with Gasteiger partial charge in [-0.3, -0.25) is 0 Å². The van der Waals surface area contributed by atoms with Crippen molar-refractivity contribution in [2.24, 2.45) is 5.73 Å². The lowest BCUT2D eigenvalue weighted by molar-refractivity contribution is 0.0986. The van der Waals surface area contributed by atoms with Crippen molar-refractivity contribution in [3.63, 3.8) is 0 Å². The van der Waals surface area contributed by atoms with Gasteiger partial charge < -0.3 is 10.5 Å². The first-order valence-electron chi connectivity index (χ1n) is 4.87. The summed E-state index contributed by atoms with van der Waals surface area (Å²) in [6.07, 6.45) is 3.52. The van der Waals surface area contributed by atoms with Crippen molar-refractivity contribution in [3.05, 3.63) is 21.3 Å². The van der Waals surface area contributed by atoms with E-state index in [2.05, 4.69) is 0 Å². The van der Waals surface area contributed by atoms with Crippen molar-refractivity contribution in [2.45, 2.75) is 31.4 Å². The maximum absolute atomic E-state index is 6.07. The predicted molar refractivity (Wildman–Crippen MR) is 59.8 cm³/mol. The lowest BCUT2D eigenvalue weighted by Gasteiger charge is -2.15. The van der Waals surface area contributed by atoms with E-state index in [-0.39, 0.29) is 6.04 Å². The van der Waals surface area contributed by atoms with E-state index in [1.54, 1.807) is 11.3 Å². The van der Waals surface area contributed by atoms with Gasteiger partial charge in [0.1, 0.15) is 0 Å². The van der Waals surface area contributed by atoms with Crippen molar-refractivity contribution in [3.8, 4) is 0 Å². The zero-order chi connectivity index (χ0) is 9.97. The van der Waals surface area contributed by atoms with Gasteiger partial charge in [-0.15, -0.1) is 11.3 Å². The van der Waals surface area contributed by atoms with Crippen molar-refractivity contribution in [2.75, 3.05) is 6.61 Å². The van der Waals surface area contributed by atoms with Crippen molar-refractivity contribution >= 4 is 22.9 Å². The number of rotatable bonds is 3. The summed E-state index contributed by atoms with van der Waals surface area (Å²) < 4.78 is 5.54. The zero-order valence-electron chi connectivity index (χ0n) is 7.91. The van der Waals surface area contributed by atoms with Crippen LogP contribution in [0.15, 0.2) is 11.4 Å². The van der Waals surface area contributed by atoms with Gasteiger partial charge in [-0.1, -0.05) is 11.6 Å². The van der Waals surface area contributed by atoms with Gasteiger partial charge in [-0.05, 0) is 30.7 Å². The van der Waals surface area contributed by atoms with Crippen LogP contribution in [0.1, 0.15) is 30.2 Å². The number of halogens is 1. The smallest absolute Gasteiger partial charge is 0.0594 e. The Hall–Kier alpha value is -0.0900. The van der Waals surface area contributed by atoms with E-state index in [0.717, 1.165) is 35.8 Å². The Morgan fingerprint density at radius 1 is 1.71 bits per heavy atom. The molecule has 1 fully saturated rings. The molecule has 2 heterocycles. The molecule has 0 bridgehead atoms. The summed E-state index contributed by atoms with van der Waals surface area (Å²) in [5.74, 6) is 0. The predicted octanol–water partition coefficient (Wildman–Crippen LogP) is 2.97. The highest BCUT2D eigenvalue weighted by Gasteiger charge is 2.21. The average molecular weight is 232 g/mol.